The number of hydrogen-bond acceptors (Lipinski definition) is 2. The van der Waals surface area contributed by atoms with Gasteiger partial charge in [0, 0.05) is 5.57 Å². The highest BCUT2D eigenvalue weighted by Gasteiger charge is 2.16. The third kappa shape index (κ3) is 4.15. The number of aliphatic hydroxyl groups is 1. The first-order valence-corrected chi connectivity index (χ1v) is 5.54. The van der Waals surface area contributed by atoms with Gasteiger partial charge < -0.3 is 5.11 Å². The molecule has 0 aliphatic heterocycles. The maximum absolute atomic E-state index is 11.3. The first-order valence-electron chi connectivity index (χ1n) is 5.54. The van der Waals surface area contributed by atoms with E-state index < -0.39 is 6.61 Å². The van der Waals surface area contributed by atoms with Crippen LogP contribution in [0.1, 0.15) is 34.1 Å². The Morgan fingerprint density at radius 3 is 2.31 bits per heavy atom. The molecule has 0 rings (SSSR count). The van der Waals surface area contributed by atoms with Crippen molar-refractivity contribution < 1.29 is 9.90 Å². The summed E-state index contributed by atoms with van der Waals surface area (Å²) in [5.74, 6) is -0.298. The van der Waals surface area contributed by atoms with Crippen LogP contribution >= 0.6 is 0 Å². The molecule has 0 saturated heterocycles. The Labute approximate surface area is 98.4 Å². The Balaban J connectivity index is 4.97. The van der Waals surface area contributed by atoms with Crippen molar-refractivity contribution in [3.63, 3.8) is 0 Å². The van der Waals surface area contributed by atoms with E-state index in [-0.39, 0.29) is 11.2 Å². The van der Waals surface area contributed by atoms with Crippen molar-refractivity contribution in [2.45, 2.75) is 34.1 Å². The molecule has 1 N–H and O–H groups in total. The SMILES string of the molecule is C=C/C(=C\C=C(/C)C(C)(C)CC)C(=O)CO. The molecule has 0 unspecified atom stereocenters. The summed E-state index contributed by atoms with van der Waals surface area (Å²) in [6, 6.07) is 0. The van der Waals surface area contributed by atoms with E-state index in [1.54, 1.807) is 6.08 Å². The molecule has 0 spiro atoms. The molecule has 0 aromatic heterocycles. The van der Waals surface area contributed by atoms with Gasteiger partial charge in [-0.2, -0.15) is 0 Å². The zero-order chi connectivity index (χ0) is 12.8. The molecular weight excluding hydrogens is 200 g/mol. The highest BCUT2D eigenvalue weighted by molar-refractivity contribution is 5.98. The van der Waals surface area contributed by atoms with Gasteiger partial charge in [-0.3, -0.25) is 4.79 Å². The lowest BCUT2D eigenvalue weighted by atomic mass is 9.82. The number of allylic oxidation sites excluding steroid dienone is 4. The summed E-state index contributed by atoms with van der Waals surface area (Å²) in [5.41, 5.74) is 1.79. The van der Waals surface area contributed by atoms with Gasteiger partial charge in [0.25, 0.3) is 0 Å². The maximum Gasteiger partial charge on any atom is 0.188 e. The molecule has 0 atom stereocenters. The van der Waals surface area contributed by atoms with Gasteiger partial charge >= 0.3 is 0 Å². The molecule has 0 heterocycles. The summed E-state index contributed by atoms with van der Waals surface area (Å²) in [5, 5.41) is 8.75. The van der Waals surface area contributed by atoms with Crippen LogP contribution in [-0.4, -0.2) is 17.5 Å². The molecule has 0 saturated carbocycles. The Kier molecular flexibility index (Phi) is 5.97. The first kappa shape index (κ1) is 14.8. The lowest BCUT2D eigenvalue weighted by molar-refractivity contribution is -0.117. The van der Waals surface area contributed by atoms with E-state index in [1.165, 1.54) is 11.6 Å². The predicted octanol–water partition coefficient (Wildman–Crippen LogP) is 3.04. The van der Waals surface area contributed by atoms with Gasteiger partial charge in [0.15, 0.2) is 5.78 Å². The van der Waals surface area contributed by atoms with Crippen LogP contribution in [0, 0.1) is 5.41 Å². The Bertz CT molecular complexity index is 320. The lowest BCUT2D eigenvalue weighted by Crippen LogP contribution is -2.11. The van der Waals surface area contributed by atoms with Gasteiger partial charge in [-0.1, -0.05) is 51.2 Å². The van der Waals surface area contributed by atoms with Crippen LogP contribution in [-0.2, 0) is 4.79 Å². The summed E-state index contributed by atoms with van der Waals surface area (Å²) in [6.07, 6.45) is 6.16. The zero-order valence-electron chi connectivity index (χ0n) is 10.7. The van der Waals surface area contributed by atoms with Crippen molar-refractivity contribution >= 4 is 5.78 Å². The monoisotopic (exact) mass is 222 g/mol. The van der Waals surface area contributed by atoms with Crippen LogP contribution in [0.25, 0.3) is 0 Å². The minimum atomic E-state index is -0.470. The van der Waals surface area contributed by atoms with E-state index >= 15 is 0 Å². The fraction of sp³-hybridized carbons (Fsp3) is 0.500. The normalized spacial score (nSPS) is 13.8. The zero-order valence-corrected chi connectivity index (χ0v) is 10.7. The van der Waals surface area contributed by atoms with Gasteiger partial charge in [-0.05, 0) is 18.8 Å². The second-order valence-electron chi connectivity index (χ2n) is 4.49. The molecule has 2 nitrogen and oxygen atoms in total. The molecule has 2 heteroatoms. The second kappa shape index (κ2) is 6.44. The summed E-state index contributed by atoms with van der Waals surface area (Å²) < 4.78 is 0. The molecule has 0 aliphatic carbocycles. The van der Waals surface area contributed by atoms with E-state index in [0.717, 1.165) is 6.42 Å². The van der Waals surface area contributed by atoms with Gasteiger partial charge in [0.05, 0.1) is 0 Å². The maximum atomic E-state index is 11.3. The summed E-state index contributed by atoms with van der Waals surface area (Å²) in [6.45, 7) is 11.6. The fourth-order valence-corrected chi connectivity index (χ4v) is 1.09. The van der Waals surface area contributed by atoms with Gasteiger partial charge in [0.2, 0.25) is 0 Å². The van der Waals surface area contributed by atoms with E-state index in [0.29, 0.717) is 5.57 Å². The molecular formula is C14H22O2. The number of carbonyl (C=O) groups is 1. The number of aliphatic hydroxyl groups excluding tert-OH is 1. The highest BCUT2D eigenvalue weighted by Crippen LogP contribution is 2.29. The summed E-state index contributed by atoms with van der Waals surface area (Å²) in [4.78, 5) is 11.3. The average molecular weight is 222 g/mol. The van der Waals surface area contributed by atoms with Crippen LogP contribution in [0.5, 0.6) is 0 Å². The highest BCUT2D eigenvalue weighted by atomic mass is 16.3. The number of rotatable bonds is 6. The van der Waals surface area contributed by atoms with Crippen molar-refractivity contribution in [3.8, 4) is 0 Å². The largest absolute Gasteiger partial charge is 0.388 e. The van der Waals surface area contributed by atoms with Gasteiger partial charge in [-0.15, -0.1) is 0 Å². The van der Waals surface area contributed by atoms with E-state index in [2.05, 4.69) is 27.4 Å². The molecule has 0 amide bonds. The number of ketones is 1. The molecule has 0 aliphatic rings. The van der Waals surface area contributed by atoms with Crippen LogP contribution in [0.15, 0.2) is 36.0 Å². The topological polar surface area (TPSA) is 37.3 Å². The molecule has 0 fully saturated rings. The Hall–Kier alpha value is -1.15. The standard InChI is InChI=1S/C14H22O2/c1-6-12(13(16)10-15)9-8-11(3)14(4,5)7-2/h6,8-9,15H,1,7,10H2,2-5H3/b11-8+,12-9+. The third-order valence-electron chi connectivity index (χ3n) is 3.15. The molecule has 0 radical (unpaired) electrons. The summed E-state index contributed by atoms with van der Waals surface area (Å²) in [7, 11) is 0. The molecule has 0 aromatic carbocycles. The van der Waals surface area contributed by atoms with Gasteiger partial charge in [-0.25, -0.2) is 0 Å². The average Bonchev–Trinajstić information content (AvgIpc) is 2.28. The second-order valence-corrected chi connectivity index (χ2v) is 4.49. The van der Waals surface area contributed by atoms with Crippen LogP contribution in [0.2, 0.25) is 0 Å². The van der Waals surface area contributed by atoms with Crippen molar-refractivity contribution in [3.05, 3.63) is 36.0 Å². The molecule has 0 bridgehead atoms. The van der Waals surface area contributed by atoms with Crippen LogP contribution in [0.3, 0.4) is 0 Å². The number of carbonyl (C=O) groups excluding carboxylic acids is 1. The smallest absolute Gasteiger partial charge is 0.188 e. The van der Waals surface area contributed by atoms with E-state index in [4.69, 9.17) is 5.11 Å². The van der Waals surface area contributed by atoms with E-state index in [9.17, 15) is 4.79 Å². The number of Topliss-reactive ketones (excluding diaryl/α,β-unsaturated/α-hetero) is 1. The van der Waals surface area contributed by atoms with Crippen molar-refractivity contribution in [2.24, 2.45) is 5.41 Å². The van der Waals surface area contributed by atoms with Crippen LogP contribution < -0.4 is 0 Å². The molecule has 16 heavy (non-hydrogen) atoms. The summed E-state index contributed by atoms with van der Waals surface area (Å²) >= 11 is 0. The van der Waals surface area contributed by atoms with Crippen molar-refractivity contribution in [2.75, 3.05) is 6.61 Å². The Morgan fingerprint density at radius 2 is 1.94 bits per heavy atom. The van der Waals surface area contributed by atoms with Crippen molar-refractivity contribution in [1.29, 1.82) is 0 Å². The minimum absolute atomic E-state index is 0.130. The molecule has 90 valence electrons. The Morgan fingerprint density at radius 1 is 1.38 bits per heavy atom. The number of hydrogen-bond donors (Lipinski definition) is 1. The predicted molar refractivity (Wildman–Crippen MR) is 68.2 cm³/mol. The van der Waals surface area contributed by atoms with Crippen LogP contribution in [0.4, 0.5) is 0 Å². The lowest BCUT2D eigenvalue weighted by Gasteiger charge is -2.23. The van der Waals surface area contributed by atoms with Gasteiger partial charge in [0.1, 0.15) is 6.61 Å². The quantitative estimate of drug-likeness (QED) is 0.554. The third-order valence-corrected chi connectivity index (χ3v) is 3.15. The fourth-order valence-electron chi connectivity index (χ4n) is 1.09. The van der Waals surface area contributed by atoms with Crippen molar-refractivity contribution in [1.82, 2.24) is 0 Å². The minimum Gasteiger partial charge on any atom is -0.388 e. The first-order chi connectivity index (χ1) is 7.38. The van der Waals surface area contributed by atoms with E-state index in [1.807, 2.05) is 13.0 Å². The molecule has 0 aromatic rings.